The average molecular weight is 528 g/mol. The van der Waals surface area contributed by atoms with Gasteiger partial charge in [0, 0.05) is 23.0 Å². The van der Waals surface area contributed by atoms with Crippen molar-refractivity contribution in [2.75, 3.05) is 30.8 Å². The van der Waals surface area contributed by atoms with Gasteiger partial charge < -0.3 is 19.7 Å². The third-order valence-electron chi connectivity index (χ3n) is 5.70. The van der Waals surface area contributed by atoms with Crippen LogP contribution in [-0.2, 0) is 14.3 Å². The number of amidine groups is 1. The third kappa shape index (κ3) is 6.42. The fourth-order valence-corrected chi connectivity index (χ4v) is 5.21. The molecule has 4 rings (SSSR count). The van der Waals surface area contributed by atoms with Gasteiger partial charge in [0.15, 0.2) is 11.8 Å². The molecule has 1 saturated heterocycles. The summed E-state index contributed by atoms with van der Waals surface area (Å²) in [6.45, 7) is 6.87. The van der Waals surface area contributed by atoms with E-state index in [9.17, 15) is 9.59 Å². The lowest BCUT2D eigenvalue weighted by Gasteiger charge is -2.40. The number of rotatable bonds is 8. The minimum absolute atomic E-state index is 0.138. The Hall–Kier alpha value is -2.97. The topological polar surface area (TPSA) is 80.2 Å². The van der Waals surface area contributed by atoms with Gasteiger partial charge in [0.25, 0.3) is 5.91 Å². The van der Waals surface area contributed by atoms with Gasteiger partial charge in [-0.15, -0.1) is 0 Å². The number of thioether (sulfide) groups is 1. The van der Waals surface area contributed by atoms with Crippen molar-refractivity contribution in [3.8, 4) is 5.75 Å². The predicted octanol–water partition coefficient (Wildman–Crippen LogP) is 5.68. The summed E-state index contributed by atoms with van der Waals surface area (Å²) < 4.78 is 11.2. The minimum atomic E-state index is -0.352. The van der Waals surface area contributed by atoms with E-state index in [2.05, 4.69) is 10.2 Å². The molecule has 0 aromatic heterocycles. The lowest BCUT2D eigenvalue weighted by molar-refractivity contribution is -0.141. The molecule has 0 aliphatic carbocycles. The molecule has 2 aromatic rings. The van der Waals surface area contributed by atoms with Gasteiger partial charge in [-0.05, 0) is 61.2 Å². The van der Waals surface area contributed by atoms with Gasteiger partial charge in [-0.3, -0.25) is 4.79 Å². The lowest BCUT2D eigenvalue weighted by atomic mass is 9.94. The molecule has 1 amide bonds. The van der Waals surface area contributed by atoms with Crippen LogP contribution in [0.5, 0.6) is 5.75 Å². The smallest absolute Gasteiger partial charge is 0.338 e. The number of hydrogen-bond acceptors (Lipinski definition) is 7. The molecular formula is C27H30ClN3O4S. The highest BCUT2D eigenvalue weighted by atomic mass is 35.5. The van der Waals surface area contributed by atoms with Crippen molar-refractivity contribution in [1.82, 2.24) is 4.90 Å². The molecule has 1 fully saturated rings. The van der Waals surface area contributed by atoms with E-state index < -0.39 is 0 Å². The van der Waals surface area contributed by atoms with Crippen LogP contribution < -0.4 is 10.1 Å². The van der Waals surface area contributed by atoms with E-state index in [1.54, 1.807) is 36.0 Å². The van der Waals surface area contributed by atoms with Crippen LogP contribution in [0, 0.1) is 5.92 Å². The first-order valence-corrected chi connectivity index (χ1v) is 13.3. The van der Waals surface area contributed by atoms with Gasteiger partial charge in [0.1, 0.15) is 5.75 Å². The fourth-order valence-electron chi connectivity index (χ4n) is 4.06. The Bertz CT molecular complexity index is 1180. The molecule has 190 valence electrons. The molecule has 0 spiro atoms. The number of hydrogen-bond donors (Lipinski definition) is 1. The van der Waals surface area contributed by atoms with Crippen molar-refractivity contribution in [2.24, 2.45) is 10.9 Å². The maximum atomic E-state index is 13.2. The zero-order valence-corrected chi connectivity index (χ0v) is 22.2. The Labute approximate surface area is 220 Å². The zero-order chi connectivity index (χ0) is 25.7. The molecule has 1 N–H and O–H groups in total. The van der Waals surface area contributed by atoms with Crippen LogP contribution in [0.4, 0.5) is 5.69 Å². The standard InChI is InChI=1S/C27H30ClN3O4S/c1-17(2)15-35-26(33)24-18(3)29-27-31(12-5-13-36-27)25(24)19-6-4-7-21(14-19)30-23(32)16-34-22-10-8-20(28)9-11-22/h4,6-11,14,17,25H,5,12-13,15-16H2,1-3H3,(H,30,32). The molecule has 2 aliphatic heterocycles. The molecule has 2 heterocycles. The molecule has 1 atom stereocenters. The molecule has 0 saturated carbocycles. The summed E-state index contributed by atoms with van der Waals surface area (Å²) in [4.78, 5) is 32.7. The summed E-state index contributed by atoms with van der Waals surface area (Å²) in [5, 5.41) is 4.41. The molecule has 0 radical (unpaired) electrons. The van der Waals surface area contributed by atoms with Crippen LogP contribution in [-0.4, -0.2) is 47.5 Å². The van der Waals surface area contributed by atoms with Gasteiger partial charge in [-0.1, -0.05) is 49.3 Å². The summed E-state index contributed by atoms with van der Waals surface area (Å²) in [5.74, 6) is 1.15. The van der Waals surface area contributed by atoms with Crippen LogP contribution in [0.3, 0.4) is 0 Å². The molecule has 36 heavy (non-hydrogen) atoms. The van der Waals surface area contributed by atoms with E-state index >= 15 is 0 Å². The highest BCUT2D eigenvalue weighted by Crippen LogP contribution is 2.40. The first-order valence-electron chi connectivity index (χ1n) is 12.0. The third-order valence-corrected chi connectivity index (χ3v) is 7.02. The van der Waals surface area contributed by atoms with E-state index in [1.807, 2.05) is 45.0 Å². The van der Waals surface area contributed by atoms with E-state index in [0.29, 0.717) is 34.3 Å². The maximum absolute atomic E-state index is 13.2. The quantitative estimate of drug-likeness (QED) is 0.445. The van der Waals surface area contributed by atoms with Crippen LogP contribution >= 0.6 is 23.4 Å². The van der Waals surface area contributed by atoms with Gasteiger partial charge in [0.05, 0.1) is 23.9 Å². The number of aliphatic imine (C=N–C) groups is 1. The summed E-state index contributed by atoms with van der Waals surface area (Å²) in [6, 6.07) is 14.1. The maximum Gasteiger partial charge on any atom is 0.338 e. The number of fused-ring (bicyclic) bond motifs is 1. The minimum Gasteiger partial charge on any atom is -0.484 e. The number of benzene rings is 2. The van der Waals surface area contributed by atoms with Crippen LogP contribution in [0.25, 0.3) is 0 Å². The van der Waals surface area contributed by atoms with Crippen molar-refractivity contribution >= 4 is 46.1 Å². The molecule has 2 aromatic carbocycles. The number of anilines is 1. The summed E-state index contributed by atoms with van der Waals surface area (Å²) >= 11 is 7.59. The number of halogens is 1. The normalized spacial score (nSPS) is 17.4. The molecule has 0 bridgehead atoms. The Morgan fingerprint density at radius 2 is 2.00 bits per heavy atom. The lowest BCUT2D eigenvalue weighted by Crippen LogP contribution is -2.42. The second kappa shape index (κ2) is 11.8. The van der Waals surface area contributed by atoms with Crippen molar-refractivity contribution in [1.29, 1.82) is 0 Å². The van der Waals surface area contributed by atoms with Crippen molar-refractivity contribution in [3.63, 3.8) is 0 Å². The highest BCUT2D eigenvalue weighted by Gasteiger charge is 2.38. The second-order valence-corrected chi connectivity index (χ2v) is 10.6. The van der Waals surface area contributed by atoms with Gasteiger partial charge in [-0.2, -0.15) is 0 Å². The predicted molar refractivity (Wildman–Crippen MR) is 144 cm³/mol. The average Bonchev–Trinajstić information content (AvgIpc) is 2.86. The Morgan fingerprint density at radius 1 is 1.22 bits per heavy atom. The van der Waals surface area contributed by atoms with Gasteiger partial charge in [0.2, 0.25) is 0 Å². The van der Waals surface area contributed by atoms with Crippen molar-refractivity contribution in [3.05, 3.63) is 70.4 Å². The van der Waals surface area contributed by atoms with Gasteiger partial charge in [-0.25, -0.2) is 9.79 Å². The van der Waals surface area contributed by atoms with E-state index in [1.165, 1.54) is 0 Å². The number of carbonyl (C=O) groups is 2. The monoisotopic (exact) mass is 527 g/mol. The SMILES string of the molecule is CC1=C(C(=O)OCC(C)C)C(c2cccc(NC(=O)COc3ccc(Cl)cc3)c2)N2CCCSC2=N1. The number of allylic oxidation sites excluding steroid dienone is 1. The van der Waals surface area contributed by atoms with Crippen molar-refractivity contribution in [2.45, 2.75) is 33.2 Å². The van der Waals surface area contributed by atoms with E-state index in [4.69, 9.17) is 26.1 Å². The molecule has 7 nitrogen and oxygen atoms in total. The van der Waals surface area contributed by atoms with Crippen LogP contribution in [0.15, 0.2) is 64.8 Å². The highest BCUT2D eigenvalue weighted by molar-refractivity contribution is 8.13. The Balaban J connectivity index is 1.54. The number of carbonyl (C=O) groups excluding carboxylic acids is 2. The number of nitrogens with one attached hydrogen (secondary N) is 1. The van der Waals surface area contributed by atoms with Crippen LogP contribution in [0.1, 0.15) is 38.8 Å². The summed E-state index contributed by atoms with van der Waals surface area (Å²) in [7, 11) is 0. The zero-order valence-electron chi connectivity index (χ0n) is 20.6. The largest absolute Gasteiger partial charge is 0.484 e. The van der Waals surface area contributed by atoms with Gasteiger partial charge >= 0.3 is 5.97 Å². The molecule has 1 unspecified atom stereocenters. The van der Waals surface area contributed by atoms with Crippen molar-refractivity contribution < 1.29 is 19.1 Å². The fraction of sp³-hybridized carbons (Fsp3) is 0.370. The van der Waals surface area contributed by atoms with E-state index in [-0.39, 0.29) is 30.4 Å². The first-order chi connectivity index (χ1) is 17.3. The summed E-state index contributed by atoms with van der Waals surface area (Å²) in [6.07, 6.45) is 0.992. The Morgan fingerprint density at radius 3 is 2.75 bits per heavy atom. The number of esters is 1. The number of ether oxygens (including phenoxy) is 2. The van der Waals surface area contributed by atoms with Crippen LogP contribution in [0.2, 0.25) is 5.02 Å². The molecule has 2 aliphatic rings. The number of nitrogens with zero attached hydrogens (tertiary/aromatic N) is 2. The summed E-state index contributed by atoms with van der Waals surface area (Å²) in [5.41, 5.74) is 2.72. The second-order valence-electron chi connectivity index (χ2n) is 9.10. The first kappa shape index (κ1) is 26.1. The number of amides is 1. The van der Waals surface area contributed by atoms with E-state index in [0.717, 1.165) is 29.4 Å². The Kier molecular flexibility index (Phi) is 8.59. The molecular weight excluding hydrogens is 498 g/mol. The molecule has 9 heteroatoms.